The molecule has 0 atom stereocenters. The van der Waals surface area contributed by atoms with Crippen LogP contribution in [0.15, 0.2) is 6.20 Å². The van der Waals surface area contributed by atoms with Gasteiger partial charge >= 0.3 is 5.97 Å². The lowest BCUT2D eigenvalue weighted by molar-refractivity contribution is -0.144. The molecule has 1 N–H and O–H groups in total. The number of esters is 1. The number of carbonyl (C=O) groups is 3. The van der Waals surface area contributed by atoms with Crippen molar-refractivity contribution in [2.45, 2.75) is 33.1 Å². The number of Topliss-reactive ketones (excluding diaryl/α,β-unsaturated/α-hetero) is 1. The van der Waals surface area contributed by atoms with Crippen molar-refractivity contribution in [2.75, 3.05) is 11.9 Å². The Hall–Kier alpha value is -1.76. The summed E-state index contributed by atoms with van der Waals surface area (Å²) in [4.78, 5) is 38.5. The molecule has 0 radical (unpaired) electrons. The summed E-state index contributed by atoms with van der Waals surface area (Å²) in [7, 11) is 0. The van der Waals surface area contributed by atoms with Gasteiger partial charge in [-0.3, -0.25) is 14.4 Å². The molecule has 0 spiro atoms. The predicted molar refractivity (Wildman–Crippen MR) is 71.2 cm³/mol. The van der Waals surface area contributed by atoms with E-state index in [1.165, 1.54) is 6.20 Å². The number of ketones is 1. The standard InChI is InChI=1S/C12H16N2O4S/c1-3-8(15)9-7-13-12(19-9)14-10(16)5-6-11(17)18-4-2/h7H,3-6H2,1-2H3,(H,13,14,16). The van der Waals surface area contributed by atoms with Gasteiger partial charge in [0.1, 0.15) is 0 Å². The molecule has 0 fully saturated rings. The molecule has 0 bridgehead atoms. The van der Waals surface area contributed by atoms with E-state index in [1.807, 2.05) is 0 Å². The molecule has 1 amide bonds. The summed E-state index contributed by atoms with van der Waals surface area (Å²) in [6.07, 6.45) is 1.91. The molecule has 0 saturated heterocycles. The van der Waals surface area contributed by atoms with Gasteiger partial charge in [0.2, 0.25) is 5.91 Å². The van der Waals surface area contributed by atoms with Crippen molar-refractivity contribution in [2.24, 2.45) is 0 Å². The maximum atomic E-state index is 11.5. The van der Waals surface area contributed by atoms with Crippen LogP contribution in [0.25, 0.3) is 0 Å². The van der Waals surface area contributed by atoms with Gasteiger partial charge in [0.25, 0.3) is 0 Å². The number of ether oxygens (including phenoxy) is 1. The topological polar surface area (TPSA) is 85.4 Å². The van der Waals surface area contributed by atoms with Crippen LogP contribution < -0.4 is 5.32 Å². The van der Waals surface area contributed by atoms with Crippen molar-refractivity contribution in [3.05, 3.63) is 11.1 Å². The van der Waals surface area contributed by atoms with Gasteiger partial charge in [-0.1, -0.05) is 18.3 Å². The Morgan fingerprint density at radius 3 is 2.68 bits per heavy atom. The molecule has 0 aromatic carbocycles. The van der Waals surface area contributed by atoms with E-state index >= 15 is 0 Å². The molecule has 1 rings (SSSR count). The average Bonchev–Trinajstić information content (AvgIpc) is 2.84. The zero-order valence-electron chi connectivity index (χ0n) is 10.9. The van der Waals surface area contributed by atoms with E-state index in [-0.39, 0.29) is 24.5 Å². The number of carbonyl (C=O) groups excluding carboxylic acids is 3. The van der Waals surface area contributed by atoms with Gasteiger partial charge in [-0.15, -0.1) is 0 Å². The minimum absolute atomic E-state index is 0.00970. The van der Waals surface area contributed by atoms with Crippen LogP contribution in [0.4, 0.5) is 5.13 Å². The van der Waals surface area contributed by atoms with Gasteiger partial charge in [-0.05, 0) is 6.92 Å². The third-order valence-corrected chi connectivity index (χ3v) is 3.16. The average molecular weight is 284 g/mol. The summed E-state index contributed by atoms with van der Waals surface area (Å²) in [5.41, 5.74) is 0. The Bertz CT molecular complexity index is 470. The Kier molecular flexibility index (Phi) is 6.14. The van der Waals surface area contributed by atoms with Crippen LogP contribution in [-0.4, -0.2) is 29.3 Å². The first kappa shape index (κ1) is 15.3. The van der Waals surface area contributed by atoms with Gasteiger partial charge in [0.15, 0.2) is 10.9 Å². The molecule has 104 valence electrons. The van der Waals surface area contributed by atoms with E-state index in [4.69, 9.17) is 4.74 Å². The fraction of sp³-hybridized carbons (Fsp3) is 0.500. The molecule has 1 heterocycles. The Labute approximate surface area is 115 Å². The molecule has 0 aliphatic heterocycles. The monoisotopic (exact) mass is 284 g/mol. The second-order valence-electron chi connectivity index (χ2n) is 3.66. The predicted octanol–water partition coefficient (Wildman–Crippen LogP) is 2.02. The summed E-state index contributed by atoms with van der Waals surface area (Å²) >= 11 is 1.13. The van der Waals surface area contributed by atoms with Gasteiger partial charge in [0, 0.05) is 12.8 Å². The fourth-order valence-corrected chi connectivity index (χ4v) is 2.11. The molecular weight excluding hydrogens is 268 g/mol. The summed E-state index contributed by atoms with van der Waals surface area (Å²) in [6.45, 7) is 3.77. The Balaban J connectivity index is 2.42. The smallest absolute Gasteiger partial charge is 0.306 e. The van der Waals surface area contributed by atoms with Gasteiger partial charge in [-0.2, -0.15) is 0 Å². The SMILES string of the molecule is CCOC(=O)CCC(=O)Nc1ncc(C(=O)CC)s1. The fourth-order valence-electron chi connectivity index (χ4n) is 1.27. The first-order chi connectivity index (χ1) is 9.06. The quantitative estimate of drug-likeness (QED) is 0.611. The number of nitrogens with one attached hydrogen (secondary N) is 1. The van der Waals surface area contributed by atoms with Crippen molar-refractivity contribution in [1.29, 1.82) is 0 Å². The zero-order valence-corrected chi connectivity index (χ0v) is 11.7. The molecular formula is C12H16N2O4S. The number of amides is 1. The number of hydrogen-bond acceptors (Lipinski definition) is 6. The third-order valence-electron chi connectivity index (χ3n) is 2.21. The van der Waals surface area contributed by atoms with Crippen LogP contribution in [0.3, 0.4) is 0 Å². The van der Waals surface area contributed by atoms with Crippen molar-refractivity contribution < 1.29 is 19.1 Å². The molecule has 7 heteroatoms. The van der Waals surface area contributed by atoms with Gasteiger partial charge in [-0.25, -0.2) is 4.98 Å². The molecule has 1 aromatic rings. The lowest BCUT2D eigenvalue weighted by atomic mass is 10.3. The Morgan fingerprint density at radius 1 is 1.32 bits per heavy atom. The van der Waals surface area contributed by atoms with E-state index in [2.05, 4.69) is 10.3 Å². The van der Waals surface area contributed by atoms with Crippen molar-refractivity contribution in [1.82, 2.24) is 4.98 Å². The molecule has 0 saturated carbocycles. The second kappa shape index (κ2) is 7.63. The van der Waals surface area contributed by atoms with E-state index in [0.717, 1.165) is 11.3 Å². The molecule has 0 aliphatic carbocycles. The highest BCUT2D eigenvalue weighted by Gasteiger charge is 2.12. The maximum absolute atomic E-state index is 11.5. The van der Waals surface area contributed by atoms with E-state index < -0.39 is 5.97 Å². The van der Waals surface area contributed by atoms with E-state index in [9.17, 15) is 14.4 Å². The summed E-state index contributed by atoms with van der Waals surface area (Å²) < 4.78 is 4.72. The van der Waals surface area contributed by atoms with E-state index in [0.29, 0.717) is 23.0 Å². The number of thiazole rings is 1. The largest absolute Gasteiger partial charge is 0.466 e. The molecule has 1 aromatic heterocycles. The number of nitrogens with zero attached hydrogens (tertiary/aromatic N) is 1. The lowest BCUT2D eigenvalue weighted by Crippen LogP contribution is -2.14. The number of aromatic nitrogens is 1. The summed E-state index contributed by atoms with van der Waals surface area (Å²) in [5, 5.41) is 2.91. The molecule has 19 heavy (non-hydrogen) atoms. The second-order valence-corrected chi connectivity index (χ2v) is 4.69. The zero-order chi connectivity index (χ0) is 14.3. The van der Waals surface area contributed by atoms with E-state index in [1.54, 1.807) is 13.8 Å². The Morgan fingerprint density at radius 2 is 2.05 bits per heavy atom. The van der Waals surface area contributed by atoms with Crippen LogP contribution in [-0.2, 0) is 14.3 Å². The van der Waals surface area contributed by atoms with Crippen molar-refractivity contribution in [3.63, 3.8) is 0 Å². The van der Waals surface area contributed by atoms with Crippen molar-refractivity contribution in [3.8, 4) is 0 Å². The van der Waals surface area contributed by atoms with Crippen LogP contribution >= 0.6 is 11.3 Å². The molecule has 0 unspecified atom stereocenters. The van der Waals surface area contributed by atoms with Crippen LogP contribution in [0.2, 0.25) is 0 Å². The summed E-state index contributed by atoms with van der Waals surface area (Å²) in [6, 6.07) is 0. The number of anilines is 1. The van der Waals surface area contributed by atoms with Crippen LogP contribution in [0.5, 0.6) is 0 Å². The highest BCUT2D eigenvalue weighted by Crippen LogP contribution is 2.19. The minimum atomic E-state index is -0.404. The number of rotatable bonds is 7. The third kappa shape index (κ3) is 5.17. The summed E-state index contributed by atoms with van der Waals surface area (Å²) in [5.74, 6) is -0.735. The first-order valence-corrected chi connectivity index (χ1v) is 6.83. The van der Waals surface area contributed by atoms with Crippen molar-refractivity contribution >= 4 is 34.1 Å². The normalized spacial score (nSPS) is 10.0. The van der Waals surface area contributed by atoms with Gasteiger partial charge < -0.3 is 10.1 Å². The lowest BCUT2D eigenvalue weighted by Gasteiger charge is -2.01. The van der Waals surface area contributed by atoms with Crippen LogP contribution in [0.1, 0.15) is 42.8 Å². The molecule has 0 aliphatic rings. The molecule has 6 nitrogen and oxygen atoms in total. The van der Waals surface area contributed by atoms with Crippen LogP contribution in [0, 0.1) is 0 Å². The first-order valence-electron chi connectivity index (χ1n) is 6.01. The number of hydrogen-bond donors (Lipinski definition) is 1. The maximum Gasteiger partial charge on any atom is 0.306 e. The minimum Gasteiger partial charge on any atom is -0.466 e. The highest BCUT2D eigenvalue weighted by atomic mass is 32.1. The highest BCUT2D eigenvalue weighted by molar-refractivity contribution is 7.17. The van der Waals surface area contributed by atoms with Gasteiger partial charge in [0.05, 0.1) is 24.1 Å².